The minimum Gasteiger partial charge on any atom is -0.482 e. The highest BCUT2D eigenvalue weighted by Crippen LogP contribution is 2.27. The van der Waals surface area contributed by atoms with Crippen molar-refractivity contribution < 1.29 is 14.3 Å². The molecular weight excluding hydrogens is 301 g/mol. The maximum atomic E-state index is 12.1. The maximum absolute atomic E-state index is 12.1. The average molecular weight is 318 g/mol. The molecule has 1 aliphatic rings. The lowest BCUT2D eigenvalue weighted by molar-refractivity contribution is -0.145. The van der Waals surface area contributed by atoms with E-state index < -0.39 is 0 Å². The van der Waals surface area contributed by atoms with Gasteiger partial charge in [-0.15, -0.1) is 0 Å². The molecule has 0 bridgehead atoms. The highest BCUT2D eigenvalue weighted by molar-refractivity contribution is 6.34. The predicted octanol–water partition coefficient (Wildman–Crippen LogP) is 3.01. The first-order valence-electron chi connectivity index (χ1n) is 6.47. The van der Waals surface area contributed by atoms with Gasteiger partial charge in [0.1, 0.15) is 5.75 Å². The first kappa shape index (κ1) is 15.4. The van der Waals surface area contributed by atoms with E-state index in [1.807, 2.05) is 13.8 Å². The molecule has 0 aromatic heterocycles. The van der Waals surface area contributed by atoms with Crippen LogP contribution >= 0.6 is 23.2 Å². The number of hydrogen-bond acceptors (Lipinski definition) is 3. The number of benzene rings is 1. The lowest BCUT2D eigenvalue weighted by Crippen LogP contribution is -2.49. The van der Waals surface area contributed by atoms with Gasteiger partial charge in [0.2, 0.25) is 0 Å². The number of nitrogens with zero attached hydrogens (tertiary/aromatic N) is 1. The molecular formula is C14H17Cl2NO3. The average Bonchev–Trinajstić information content (AvgIpc) is 2.38. The van der Waals surface area contributed by atoms with Crippen molar-refractivity contribution >= 4 is 29.1 Å². The summed E-state index contributed by atoms with van der Waals surface area (Å²) in [7, 11) is 0. The molecule has 1 aromatic carbocycles. The van der Waals surface area contributed by atoms with Crippen LogP contribution in [0.25, 0.3) is 0 Å². The van der Waals surface area contributed by atoms with Gasteiger partial charge in [-0.05, 0) is 26.0 Å². The third kappa shape index (κ3) is 4.01. The summed E-state index contributed by atoms with van der Waals surface area (Å²) in [6, 6.07) is 4.91. The van der Waals surface area contributed by atoms with Crippen LogP contribution in [0, 0.1) is 0 Å². The Morgan fingerprint density at radius 3 is 2.65 bits per heavy atom. The smallest absolute Gasteiger partial charge is 0.260 e. The number of hydrogen-bond donors (Lipinski definition) is 0. The van der Waals surface area contributed by atoms with E-state index in [1.165, 1.54) is 0 Å². The second-order valence-electron chi connectivity index (χ2n) is 4.92. The summed E-state index contributed by atoms with van der Waals surface area (Å²) < 4.78 is 11.0. The molecule has 0 spiro atoms. The van der Waals surface area contributed by atoms with Gasteiger partial charge in [-0.1, -0.05) is 23.2 Å². The zero-order valence-electron chi connectivity index (χ0n) is 11.4. The molecule has 4 nitrogen and oxygen atoms in total. The van der Waals surface area contributed by atoms with E-state index >= 15 is 0 Å². The van der Waals surface area contributed by atoms with Gasteiger partial charge in [-0.25, -0.2) is 0 Å². The van der Waals surface area contributed by atoms with Crippen LogP contribution in [0.2, 0.25) is 10.0 Å². The number of amides is 1. The van der Waals surface area contributed by atoms with Crippen LogP contribution in [-0.2, 0) is 9.53 Å². The monoisotopic (exact) mass is 317 g/mol. The Morgan fingerprint density at radius 2 is 2.00 bits per heavy atom. The summed E-state index contributed by atoms with van der Waals surface area (Å²) in [5.74, 6) is 0.338. The molecule has 1 heterocycles. The van der Waals surface area contributed by atoms with Crippen LogP contribution in [0.3, 0.4) is 0 Å². The van der Waals surface area contributed by atoms with Gasteiger partial charge in [0.05, 0.1) is 17.2 Å². The zero-order valence-corrected chi connectivity index (χ0v) is 12.9. The van der Waals surface area contributed by atoms with E-state index in [0.29, 0.717) is 28.9 Å². The standard InChI is InChI=1S/C14H17Cl2NO3/c1-9-6-17(7-10(2)20-9)14(18)8-19-13-5-11(15)3-4-12(13)16/h3-5,9-10H,6-8H2,1-2H3/t9-,10-/m1/s1. The molecule has 1 aromatic rings. The summed E-state index contributed by atoms with van der Waals surface area (Å²) in [4.78, 5) is 13.9. The molecule has 1 saturated heterocycles. The van der Waals surface area contributed by atoms with Gasteiger partial charge in [0.25, 0.3) is 5.91 Å². The van der Waals surface area contributed by atoms with E-state index in [2.05, 4.69) is 0 Å². The maximum Gasteiger partial charge on any atom is 0.260 e. The molecule has 6 heteroatoms. The molecule has 110 valence electrons. The van der Waals surface area contributed by atoms with E-state index in [0.717, 1.165) is 0 Å². The molecule has 0 saturated carbocycles. The van der Waals surface area contributed by atoms with Crippen LogP contribution in [0.1, 0.15) is 13.8 Å². The Bertz CT molecular complexity index is 485. The Balaban J connectivity index is 1.93. The predicted molar refractivity (Wildman–Crippen MR) is 78.5 cm³/mol. The molecule has 2 atom stereocenters. The van der Waals surface area contributed by atoms with Crippen molar-refractivity contribution in [2.75, 3.05) is 19.7 Å². The SMILES string of the molecule is C[C@@H]1CN(C(=O)COc2cc(Cl)ccc2Cl)C[C@@H](C)O1. The number of morpholine rings is 1. The van der Waals surface area contributed by atoms with E-state index in [1.54, 1.807) is 23.1 Å². The lowest BCUT2D eigenvalue weighted by Gasteiger charge is -2.35. The fraction of sp³-hybridized carbons (Fsp3) is 0.500. The molecule has 2 rings (SSSR count). The van der Waals surface area contributed by atoms with Crippen molar-refractivity contribution in [3.63, 3.8) is 0 Å². The minimum absolute atomic E-state index is 0.0393. The summed E-state index contributed by atoms with van der Waals surface area (Å²) in [6.07, 6.45) is 0.0786. The normalized spacial score (nSPS) is 22.7. The van der Waals surface area contributed by atoms with Crippen LogP contribution in [-0.4, -0.2) is 42.7 Å². The van der Waals surface area contributed by atoms with Gasteiger partial charge in [0.15, 0.2) is 6.61 Å². The molecule has 1 aliphatic heterocycles. The summed E-state index contributed by atoms with van der Waals surface area (Å²) >= 11 is 11.9. The van der Waals surface area contributed by atoms with Crippen LogP contribution in [0.4, 0.5) is 0 Å². The molecule has 0 radical (unpaired) electrons. The Morgan fingerprint density at radius 1 is 1.35 bits per heavy atom. The van der Waals surface area contributed by atoms with E-state index in [4.69, 9.17) is 32.7 Å². The van der Waals surface area contributed by atoms with Crippen molar-refractivity contribution in [2.45, 2.75) is 26.1 Å². The molecule has 1 fully saturated rings. The number of halogens is 2. The topological polar surface area (TPSA) is 38.8 Å². The highest BCUT2D eigenvalue weighted by atomic mass is 35.5. The van der Waals surface area contributed by atoms with Crippen molar-refractivity contribution in [3.8, 4) is 5.75 Å². The van der Waals surface area contributed by atoms with Crippen molar-refractivity contribution in [2.24, 2.45) is 0 Å². The van der Waals surface area contributed by atoms with Crippen molar-refractivity contribution in [3.05, 3.63) is 28.2 Å². The third-order valence-electron chi connectivity index (χ3n) is 3.02. The Kier molecular flexibility index (Phi) is 5.13. The largest absolute Gasteiger partial charge is 0.482 e. The molecule has 0 aliphatic carbocycles. The Labute approximate surface area is 128 Å². The number of ether oxygens (including phenoxy) is 2. The van der Waals surface area contributed by atoms with Crippen molar-refractivity contribution in [1.82, 2.24) is 4.90 Å². The number of rotatable bonds is 3. The van der Waals surface area contributed by atoms with E-state index in [9.17, 15) is 4.79 Å². The molecule has 20 heavy (non-hydrogen) atoms. The molecule has 0 N–H and O–H groups in total. The second-order valence-corrected chi connectivity index (χ2v) is 5.76. The fourth-order valence-electron chi connectivity index (χ4n) is 2.20. The van der Waals surface area contributed by atoms with E-state index in [-0.39, 0.29) is 24.7 Å². The van der Waals surface area contributed by atoms with Gasteiger partial charge < -0.3 is 14.4 Å². The van der Waals surface area contributed by atoms with Crippen LogP contribution in [0.5, 0.6) is 5.75 Å². The zero-order chi connectivity index (χ0) is 14.7. The fourth-order valence-corrected chi connectivity index (χ4v) is 2.53. The van der Waals surface area contributed by atoms with Gasteiger partial charge >= 0.3 is 0 Å². The lowest BCUT2D eigenvalue weighted by atomic mass is 10.2. The third-order valence-corrected chi connectivity index (χ3v) is 3.56. The van der Waals surface area contributed by atoms with Gasteiger partial charge in [-0.2, -0.15) is 0 Å². The first-order valence-corrected chi connectivity index (χ1v) is 7.22. The summed E-state index contributed by atoms with van der Waals surface area (Å²) in [5.41, 5.74) is 0. The minimum atomic E-state index is -0.0805. The second kappa shape index (κ2) is 6.66. The molecule has 0 unspecified atom stereocenters. The first-order chi connectivity index (χ1) is 9.45. The van der Waals surface area contributed by atoms with Crippen LogP contribution < -0.4 is 4.74 Å². The van der Waals surface area contributed by atoms with Gasteiger partial charge in [-0.3, -0.25) is 4.79 Å². The highest BCUT2D eigenvalue weighted by Gasteiger charge is 2.26. The van der Waals surface area contributed by atoms with Gasteiger partial charge in [0, 0.05) is 24.2 Å². The molecule has 1 amide bonds. The summed E-state index contributed by atoms with van der Waals surface area (Å²) in [5, 5.41) is 0.955. The Hall–Kier alpha value is -0.970. The quantitative estimate of drug-likeness (QED) is 0.860. The summed E-state index contributed by atoms with van der Waals surface area (Å²) in [6.45, 7) is 5.00. The number of carbonyl (C=O) groups excluding carboxylic acids is 1. The number of carbonyl (C=O) groups is 1. The van der Waals surface area contributed by atoms with Crippen LogP contribution in [0.15, 0.2) is 18.2 Å². The van der Waals surface area contributed by atoms with Crippen molar-refractivity contribution in [1.29, 1.82) is 0 Å².